The summed E-state index contributed by atoms with van der Waals surface area (Å²) < 4.78 is 23.1. The molecule has 0 spiro atoms. The van der Waals surface area contributed by atoms with Crippen LogP contribution in [-0.2, 0) is 26.9 Å². The Morgan fingerprint density at radius 2 is 1.69 bits per heavy atom. The Bertz CT molecular complexity index is 1210. The van der Waals surface area contributed by atoms with E-state index >= 15 is 0 Å². The number of carbonyl (C=O) groups is 1. The van der Waals surface area contributed by atoms with Gasteiger partial charge in [-0.2, -0.15) is 0 Å². The van der Waals surface area contributed by atoms with E-state index < -0.39 is 0 Å². The summed E-state index contributed by atoms with van der Waals surface area (Å²) in [5, 5.41) is 3.50. The number of amides is 1. The van der Waals surface area contributed by atoms with Crippen LogP contribution in [0.4, 0.5) is 0 Å². The van der Waals surface area contributed by atoms with Crippen molar-refractivity contribution in [3.05, 3.63) is 58.7 Å². The molecule has 0 bridgehead atoms. The van der Waals surface area contributed by atoms with Gasteiger partial charge in [0.2, 0.25) is 0 Å². The quantitative estimate of drug-likeness (QED) is 0.288. The van der Waals surface area contributed by atoms with Crippen LogP contribution in [0.2, 0.25) is 0 Å². The summed E-state index contributed by atoms with van der Waals surface area (Å²) in [6.07, 6.45) is 3.20. The highest BCUT2D eigenvalue weighted by Crippen LogP contribution is 2.46. The van der Waals surface area contributed by atoms with Crippen molar-refractivity contribution >= 4 is 5.91 Å². The highest BCUT2D eigenvalue weighted by atomic mass is 16.5. The highest BCUT2D eigenvalue weighted by Gasteiger charge is 2.37. The Balaban J connectivity index is 1.43. The Morgan fingerprint density at radius 3 is 2.38 bits per heavy atom. The number of benzene rings is 2. The second-order valence-electron chi connectivity index (χ2n) is 13.5. The van der Waals surface area contributed by atoms with Gasteiger partial charge in [-0.3, -0.25) is 4.79 Å². The van der Waals surface area contributed by atoms with Crippen LogP contribution in [0, 0.1) is 5.92 Å². The molecule has 0 unspecified atom stereocenters. The van der Waals surface area contributed by atoms with E-state index in [1.807, 2.05) is 11.0 Å². The fraction of sp³-hybridized carbons (Fsp3) is 0.629. The van der Waals surface area contributed by atoms with Crippen molar-refractivity contribution < 1.29 is 23.7 Å². The molecule has 0 saturated carbocycles. The molecular weight excluding hydrogens is 528 g/mol. The summed E-state index contributed by atoms with van der Waals surface area (Å²) in [7, 11) is 3.28. The van der Waals surface area contributed by atoms with Crippen LogP contribution in [0.25, 0.3) is 0 Å². The first-order chi connectivity index (χ1) is 20.0. The number of hydrogen-bond acceptors (Lipinski definition) is 6. The molecule has 1 aliphatic heterocycles. The van der Waals surface area contributed by atoms with Crippen molar-refractivity contribution in [3.8, 4) is 11.5 Å². The maximum Gasteiger partial charge on any atom is 0.254 e. The number of hydrogen-bond donors (Lipinski definition) is 1. The lowest BCUT2D eigenvalue weighted by Crippen LogP contribution is -2.43. The van der Waals surface area contributed by atoms with E-state index in [0.717, 1.165) is 19.5 Å². The first-order valence-electron chi connectivity index (χ1n) is 15.5. The number of methoxy groups -OCH3 is 2. The molecular formula is C35H52N2O5. The predicted octanol–water partition coefficient (Wildman–Crippen LogP) is 6.11. The van der Waals surface area contributed by atoms with Crippen LogP contribution in [-0.4, -0.2) is 70.0 Å². The molecule has 7 heteroatoms. The molecule has 7 nitrogen and oxygen atoms in total. The first kappa shape index (κ1) is 32.3. The van der Waals surface area contributed by atoms with Crippen molar-refractivity contribution in [1.29, 1.82) is 0 Å². The van der Waals surface area contributed by atoms with Crippen molar-refractivity contribution in [2.75, 3.05) is 47.1 Å². The van der Waals surface area contributed by atoms with Gasteiger partial charge in [-0.1, -0.05) is 45.9 Å². The fourth-order valence-corrected chi connectivity index (χ4v) is 6.27. The number of nitrogens with one attached hydrogen (secondary N) is 1. The maximum atomic E-state index is 13.8. The number of carbonyl (C=O) groups excluding carboxylic acids is 1. The molecule has 2 aromatic rings. The standard InChI is InChI=1S/C35H52N2O5/c1-24(2)37(33(38)26-11-13-30(40-8)31(19-26)41-17-9-16-39-7)22-27-20-36-21-32(27)42-23-25-10-12-28-29(18-25)35(5,6)15-14-34(28,3)4/h10-13,18-19,24,27,32,36H,9,14-17,20-23H2,1-8H3/t27-,32-/m0/s1. The fourth-order valence-electron chi connectivity index (χ4n) is 6.27. The van der Waals surface area contributed by atoms with Gasteiger partial charge in [0.25, 0.3) is 5.91 Å². The third-order valence-electron chi connectivity index (χ3n) is 9.14. The molecule has 2 atom stereocenters. The first-order valence-corrected chi connectivity index (χ1v) is 15.5. The van der Waals surface area contributed by atoms with Crippen LogP contribution in [0.15, 0.2) is 36.4 Å². The predicted molar refractivity (Wildman–Crippen MR) is 168 cm³/mol. The van der Waals surface area contributed by atoms with Gasteiger partial charge in [0.15, 0.2) is 11.5 Å². The van der Waals surface area contributed by atoms with Gasteiger partial charge < -0.3 is 29.2 Å². The number of rotatable bonds is 13. The summed E-state index contributed by atoms with van der Waals surface area (Å²) in [5.74, 6) is 1.37. The normalized spacial score (nSPS) is 20.8. The van der Waals surface area contributed by atoms with E-state index in [0.29, 0.717) is 43.4 Å². The van der Waals surface area contributed by atoms with Crippen molar-refractivity contribution in [2.24, 2.45) is 5.92 Å². The van der Waals surface area contributed by atoms with Gasteiger partial charge in [-0.05, 0) is 72.4 Å². The smallest absolute Gasteiger partial charge is 0.254 e. The minimum Gasteiger partial charge on any atom is -0.493 e. The molecule has 0 radical (unpaired) electrons. The third kappa shape index (κ3) is 7.47. The summed E-state index contributed by atoms with van der Waals surface area (Å²) in [5.41, 5.74) is 5.12. The molecule has 1 heterocycles. The molecule has 2 aromatic carbocycles. The van der Waals surface area contributed by atoms with E-state index in [-0.39, 0.29) is 34.8 Å². The van der Waals surface area contributed by atoms with Crippen LogP contribution in [0.5, 0.6) is 11.5 Å². The van der Waals surface area contributed by atoms with Crippen LogP contribution >= 0.6 is 0 Å². The third-order valence-corrected chi connectivity index (χ3v) is 9.14. The molecule has 1 saturated heterocycles. The SMILES string of the molecule is COCCCOc1cc(C(=O)N(C[C@@H]2CNC[C@@H]2OCc2ccc3c(c2)C(C)(C)CCC3(C)C)C(C)C)ccc1OC. The maximum absolute atomic E-state index is 13.8. The molecule has 1 N–H and O–H groups in total. The number of ether oxygens (including phenoxy) is 4. The average Bonchev–Trinajstić information content (AvgIpc) is 3.41. The average molecular weight is 581 g/mol. The van der Waals surface area contributed by atoms with Gasteiger partial charge in [0.05, 0.1) is 26.4 Å². The van der Waals surface area contributed by atoms with Gasteiger partial charge in [0, 0.05) is 57.3 Å². The zero-order valence-electron chi connectivity index (χ0n) is 27.0. The van der Waals surface area contributed by atoms with Gasteiger partial charge in [-0.25, -0.2) is 0 Å². The monoisotopic (exact) mass is 580 g/mol. The molecule has 1 amide bonds. The lowest BCUT2D eigenvalue weighted by molar-refractivity contribution is 0.0128. The Hall–Kier alpha value is -2.61. The number of fused-ring (bicyclic) bond motifs is 1. The lowest BCUT2D eigenvalue weighted by atomic mass is 9.63. The van der Waals surface area contributed by atoms with Crippen LogP contribution < -0.4 is 14.8 Å². The topological polar surface area (TPSA) is 69.3 Å². The van der Waals surface area contributed by atoms with Crippen molar-refractivity contribution in [3.63, 3.8) is 0 Å². The Morgan fingerprint density at radius 1 is 0.952 bits per heavy atom. The molecule has 42 heavy (non-hydrogen) atoms. The molecule has 4 rings (SSSR count). The minimum atomic E-state index is -0.0143. The van der Waals surface area contributed by atoms with Crippen molar-refractivity contribution in [1.82, 2.24) is 10.2 Å². The summed E-state index contributed by atoms with van der Waals surface area (Å²) in [6, 6.07) is 12.4. The Kier molecular flexibility index (Phi) is 10.6. The van der Waals surface area contributed by atoms with E-state index in [9.17, 15) is 4.79 Å². The molecule has 2 aliphatic rings. The number of nitrogens with zero attached hydrogens (tertiary/aromatic N) is 1. The van der Waals surface area contributed by atoms with E-state index in [2.05, 4.69) is 65.1 Å². The molecule has 232 valence electrons. The zero-order chi connectivity index (χ0) is 30.5. The van der Waals surface area contributed by atoms with Crippen LogP contribution in [0.3, 0.4) is 0 Å². The summed E-state index contributed by atoms with van der Waals surface area (Å²) >= 11 is 0. The molecule has 1 fully saturated rings. The van der Waals surface area contributed by atoms with E-state index in [4.69, 9.17) is 18.9 Å². The lowest BCUT2D eigenvalue weighted by Gasteiger charge is -2.42. The van der Waals surface area contributed by atoms with Gasteiger partial charge >= 0.3 is 0 Å². The van der Waals surface area contributed by atoms with Gasteiger partial charge in [0.1, 0.15) is 0 Å². The molecule has 0 aromatic heterocycles. The van der Waals surface area contributed by atoms with E-state index in [1.165, 1.54) is 29.5 Å². The van der Waals surface area contributed by atoms with Gasteiger partial charge in [-0.15, -0.1) is 0 Å². The zero-order valence-corrected chi connectivity index (χ0v) is 27.0. The second-order valence-corrected chi connectivity index (χ2v) is 13.5. The summed E-state index contributed by atoms with van der Waals surface area (Å²) in [4.78, 5) is 15.7. The second kappa shape index (κ2) is 13.8. The van der Waals surface area contributed by atoms with E-state index in [1.54, 1.807) is 26.4 Å². The van der Waals surface area contributed by atoms with Crippen LogP contribution in [0.1, 0.15) is 87.9 Å². The highest BCUT2D eigenvalue weighted by molar-refractivity contribution is 5.95. The minimum absolute atomic E-state index is 0.0143. The Labute approximate surface area is 253 Å². The summed E-state index contributed by atoms with van der Waals surface area (Å²) in [6.45, 7) is 17.5. The largest absolute Gasteiger partial charge is 0.493 e. The molecule has 1 aliphatic carbocycles. The van der Waals surface area contributed by atoms with Crippen molar-refractivity contribution in [2.45, 2.75) is 90.4 Å².